The molecular weight excluding hydrogens is 326 g/mol. The van der Waals surface area contributed by atoms with Crippen LogP contribution in [0, 0.1) is 0 Å². The number of nitrogen functional groups attached to an aromatic ring is 1. The van der Waals surface area contributed by atoms with Crippen molar-refractivity contribution in [2.75, 3.05) is 12.0 Å². The lowest BCUT2D eigenvalue weighted by Gasteiger charge is -2.06. The molecule has 0 spiro atoms. The second-order valence-corrected chi connectivity index (χ2v) is 7.19. The molecule has 0 saturated carbocycles. The summed E-state index contributed by atoms with van der Waals surface area (Å²) in [5, 5.41) is 4.84. The summed E-state index contributed by atoms with van der Waals surface area (Å²) in [5.41, 5.74) is 7.27. The number of benzene rings is 1. The number of hydrogen-bond acceptors (Lipinski definition) is 6. The van der Waals surface area contributed by atoms with E-state index >= 15 is 0 Å². The third-order valence-electron chi connectivity index (χ3n) is 3.15. The van der Waals surface area contributed by atoms with Crippen LogP contribution in [0.4, 0.5) is 5.82 Å². The summed E-state index contributed by atoms with van der Waals surface area (Å²) in [6.45, 7) is 0. The van der Waals surface area contributed by atoms with Crippen molar-refractivity contribution in [3.63, 3.8) is 0 Å². The van der Waals surface area contributed by atoms with Crippen LogP contribution in [0.15, 0.2) is 29.4 Å². The van der Waals surface area contributed by atoms with Crippen LogP contribution >= 0.6 is 11.6 Å². The number of anilines is 1. The smallest absolute Gasteiger partial charge is 0.249 e. The number of rotatable bonds is 2. The molecule has 7 nitrogen and oxygen atoms in total. The van der Waals surface area contributed by atoms with E-state index in [4.69, 9.17) is 17.3 Å². The number of nitrogens with two attached hydrogens (primary N) is 1. The minimum absolute atomic E-state index is 0.227. The largest absolute Gasteiger partial charge is 0.383 e. The summed E-state index contributed by atoms with van der Waals surface area (Å²) in [7, 11) is -1.93. The van der Waals surface area contributed by atoms with Crippen molar-refractivity contribution in [2.24, 2.45) is 7.05 Å². The lowest BCUT2D eigenvalue weighted by Crippen LogP contribution is -2.05. The number of sulfone groups is 1. The minimum Gasteiger partial charge on any atom is -0.383 e. The van der Waals surface area contributed by atoms with Crippen LogP contribution in [0.3, 0.4) is 0 Å². The van der Waals surface area contributed by atoms with Crippen molar-refractivity contribution in [3.8, 4) is 11.3 Å². The molecule has 0 aliphatic carbocycles. The Hall–Kier alpha value is -2.19. The van der Waals surface area contributed by atoms with E-state index in [1.165, 1.54) is 4.68 Å². The van der Waals surface area contributed by atoms with Gasteiger partial charge < -0.3 is 5.73 Å². The molecule has 2 N–H and O–H groups in total. The molecule has 114 valence electrons. The molecule has 3 aromatic rings. The second kappa shape index (κ2) is 4.92. The average molecular weight is 338 g/mol. The normalized spacial score (nSPS) is 12.0. The van der Waals surface area contributed by atoms with Gasteiger partial charge >= 0.3 is 0 Å². The van der Waals surface area contributed by atoms with Crippen LogP contribution in [-0.2, 0) is 16.9 Å². The lowest BCUT2D eigenvalue weighted by molar-refractivity contribution is 0.593. The van der Waals surface area contributed by atoms with Crippen LogP contribution in [0.1, 0.15) is 0 Å². The van der Waals surface area contributed by atoms with E-state index in [0.29, 0.717) is 27.5 Å². The van der Waals surface area contributed by atoms with E-state index < -0.39 is 9.84 Å². The fourth-order valence-corrected chi connectivity index (χ4v) is 2.81. The zero-order valence-electron chi connectivity index (χ0n) is 11.8. The molecule has 0 atom stereocenters. The molecule has 0 saturated heterocycles. The quantitative estimate of drug-likeness (QED) is 0.713. The van der Waals surface area contributed by atoms with E-state index in [0.717, 1.165) is 6.26 Å². The summed E-state index contributed by atoms with van der Waals surface area (Å²) in [6.07, 6.45) is 1.04. The fraction of sp³-hybridized carbons (Fsp3) is 0.154. The molecule has 3 rings (SSSR count). The Morgan fingerprint density at radius 2 is 2.00 bits per heavy atom. The molecule has 1 aromatic carbocycles. The van der Waals surface area contributed by atoms with Crippen molar-refractivity contribution < 1.29 is 8.42 Å². The molecule has 22 heavy (non-hydrogen) atoms. The maximum absolute atomic E-state index is 11.8. The standard InChI is InChI=1S/C13H12ClN5O2S/c1-19-11(15)9-10(7-4-3-5-8(14)6-7)16-13(22(2,20)21)17-12(9)18-19/h3-6H,15H2,1-2H3. The van der Waals surface area contributed by atoms with Gasteiger partial charge in [0.1, 0.15) is 5.82 Å². The van der Waals surface area contributed by atoms with Crippen molar-refractivity contribution >= 4 is 38.3 Å². The van der Waals surface area contributed by atoms with Gasteiger partial charge in [-0.05, 0) is 12.1 Å². The van der Waals surface area contributed by atoms with Crippen LogP contribution in [0.25, 0.3) is 22.3 Å². The van der Waals surface area contributed by atoms with Gasteiger partial charge in [-0.2, -0.15) is 10.1 Å². The van der Waals surface area contributed by atoms with E-state index in [-0.39, 0.29) is 10.8 Å². The predicted molar refractivity (Wildman–Crippen MR) is 84.3 cm³/mol. The topological polar surface area (TPSA) is 104 Å². The number of nitrogens with zero attached hydrogens (tertiary/aromatic N) is 4. The third-order valence-corrected chi connectivity index (χ3v) is 4.23. The van der Waals surface area contributed by atoms with Gasteiger partial charge in [-0.25, -0.2) is 13.4 Å². The SMILES string of the molecule is Cn1nc2nc(S(C)(=O)=O)nc(-c3cccc(Cl)c3)c2c1N. The highest BCUT2D eigenvalue weighted by Gasteiger charge is 2.21. The zero-order valence-corrected chi connectivity index (χ0v) is 13.4. The Morgan fingerprint density at radius 3 is 2.64 bits per heavy atom. The van der Waals surface area contributed by atoms with Crippen molar-refractivity contribution in [1.82, 2.24) is 19.7 Å². The molecule has 2 aromatic heterocycles. The monoisotopic (exact) mass is 337 g/mol. The first-order chi connectivity index (χ1) is 10.3. The first-order valence-electron chi connectivity index (χ1n) is 6.23. The van der Waals surface area contributed by atoms with Crippen LogP contribution in [0.5, 0.6) is 0 Å². The van der Waals surface area contributed by atoms with Crippen molar-refractivity contribution in [1.29, 1.82) is 0 Å². The van der Waals surface area contributed by atoms with Gasteiger partial charge in [0.15, 0.2) is 5.65 Å². The van der Waals surface area contributed by atoms with Gasteiger partial charge in [-0.1, -0.05) is 23.7 Å². The number of aryl methyl sites for hydroxylation is 1. The second-order valence-electron chi connectivity index (χ2n) is 4.84. The molecule has 2 heterocycles. The van der Waals surface area contributed by atoms with Gasteiger partial charge in [-0.3, -0.25) is 4.68 Å². The Balaban J connectivity index is 2.45. The fourth-order valence-electron chi connectivity index (χ4n) is 2.11. The van der Waals surface area contributed by atoms with Gasteiger partial charge in [0.2, 0.25) is 15.0 Å². The Morgan fingerprint density at radius 1 is 1.27 bits per heavy atom. The van der Waals surface area contributed by atoms with E-state index in [1.807, 2.05) is 0 Å². The molecule has 0 amide bonds. The highest BCUT2D eigenvalue weighted by Crippen LogP contribution is 2.31. The number of aromatic nitrogens is 4. The van der Waals surface area contributed by atoms with Crippen molar-refractivity contribution in [3.05, 3.63) is 29.3 Å². The lowest BCUT2D eigenvalue weighted by atomic mass is 10.1. The highest BCUT2D eigenvalue weighted by molar-refractivity contribution is 7.90. The molecule has 9 heteroatoms. The summed E-state index contributed by atoms with van der Waals surface area (Å²) in [6, 6.07) is 6.92. The molecule has 0 aliphatic heterocycles. The van der Waals surface area contributed by atoms with Gasteiger partial charge in [-0.15, -0.1) is 0 Å². The Kier molecular flexibility index (Phi) is 3.30. The van der Waals surface area contributed by atoms with Gasteiger partial charge in [0.05, 0.1) is 11.1 Å². The van der Waals surface area contributed by atoms with E-state index in [9.17, 15) is 8.42 Å². The first-order valence-corrected chi connectivity index (χ1v) is 8.50. The Bertz CT molecular complexity index is 997. The number of hydrogen-bond donors (Lipinski definition) is 1. The van der Waals surface area contributed by atoms with Crippen LogP contribution < -0.4 is 5.73 Å². The third kappa shape index (κ3) is 2.40. The molecule has 0 fully saturated rings. The summed E-state index contributed by atoms with van der Waals surface area (Å²) < 4.78 is 25.0. The molecule has 0 radical (unpaired) electrons. The van der Waals surface area contributed by atoms with E-state index in [1.54, 1.807) is 31.3 Å². The maximum atomic E-state index is 11.8. The zero-order chi connectivity index (χ0) is 16.1. The summed E-state index contributed by atoms with van der Waals surface area (Å²) in [4.78, 5) is 8.16. The first kappa shape index (κ1) is 14.7. The molecule has 0 aliphatic rings. The van der Waals surface area contributed by atoms with Crippen LogP contribution in [-0.4, -0.2) is 34.4 Å². The van der Waals surface area contributed by atoms with Gasteiger partial charge in [0.25, 0.3) is 0 Å². The number of halogens is 1. The molecule has 0 unspecified atom stereocenters. The number of fused-ring (bicyclic) bond motifs is 1. The van der Waals surface area contributed by atoms with Gasteiger partial charge in [0, 0.05) is 23.9 Å². The predicted octanol–water partition coefficient (Wildman–Crippen LogP) is 1.67. The highest BCUT2D eigenvalue weighted by atomic mass is 35.5. The molecule has 0 bridgehead atoms. The molecular formula is C13H12ClN5O2S. The summed E-state index contributed by atoms with van der Waals surface area (Å²) in [5.74, 6) is 0.352. The summed E-state index contributed by atoms with van der Waals surface area (Å²) >= 11 is 6.01. The average Bonchev–Trinajstić information content (AvgIpc) is 2.72. The Labute approximate surface area is 131 Å². The van der Waals surface area contributed by atoms with E-state index in [2.05, 4.69) is 15.1 Å². The maximum Gasteiger partial charge on any atom is 0.249 e. The van der Waals surface area contributed by atoms with Crippen LogP contribution in [0.2, 0.25) is 5.02 Å². The minimum atomic E-state index is -3.58. The van der Waals surface area contributed by atoms with Crippen molar-refractivity contribution in [2.45, 2.75) is 5.16 Å².